The van der Waals surface area contributed by atoms with E-state index in [-0.39, 0.29) is 24.8 Å². The van der Waals surface area contributed by atoms with Crippen LogP contribution >= 0.6 is 0 Å². The fourth-order valence-electron chi connectivity index (χ4n) is 1.84. The molecule has 0 atom stereocenters. The van der Waals surface area contributed by atoms with Crippen molar-refractivity contribution in [3.63, 3.8) is 0 Å². The Morgan fingerprint density at radius 3 is 2.94 bits per heavy atom. The Bertz CT molecular complexity index is 574. The Balaban J connectivity index is 2.47. The second kappa shape index (κ2) is 5.10. The van der Waals surface area contributed by atoms with E-state index in [1.165, 1.54) is 0 Å². The van der Waals surface area contributed by atoms with Crippen molar-refractivity contribution >= 4 is 16.9 Å². The van der Waals surface area contributed by atoms with Gasteiger partial charge in [0.05, 0.1) is 13.7 Å². The summed E-state index contributed by atoms with van der Waals surface area (Å²) in [6, 6.07) is 5.50. The summed E-state index contributed by atoms with van der Waals surface area (Å²) < 4.78 is 10.8. The average molecular weight is 249 g/mol. The monoisotopic (exact) mass is 249 g/mol. The number of rotatable bonds is 4. The fraction of sp³-hybridized carbons (Fsp3) is 0.308. The van der Waals surface area contributed by atoms with Gasteiger partial charge in [-0.2, -0.15) is 0 Å². The van der Waals surface area contributed by atoms with Crippen molar-refractivity contribution < 1.29 is 19.1 Å². The van der Waals surface area contributed by atoms with Crippen LogP contribution in [-0.2, 0) is 0 Å². The minimum absolute atomic E-state index is 0.103. The number of methoxy groups -OCH3 is 1. The molecule has 0 unspecified atom stereocenters. The molecule has 0 saturated carbocycles. The number of ether oxygens (including phenoxy) is 1. The molecule has 0 aliphatic rings. The summed E-state index contributed by atoms with van der Waals surface area (Å²) in [4.78, 5) is 11.8. The third kappa shape index (κ3) is 2.04. The van der Waals surface area contributed by atoms with E-state index in [1.54, 1.807) is 13.2 Å². The van der Waals surface area contributed by atoms with Gasteiger partial charge in [-0.15, -0.1) is 0 Å². The van der Waals surface area contributed by atoms with E-state index in [0.29, 0.717) is 11.3 Å². The van der Waals surface area contributed by atoms with Gasteiger partial charge in [-0.1, -0.05) is 12.1 Å². The second-order valence-electron chi connectivity index (χ2n) is 3.87. The van der Waals surface area contributed by atoms with E-state index < -0.39 is 0 Å². The molecule has 96 valence electrons. The molecule has 1 aromatic heterocycles. The van der Waals surface area contributed by atoms with Gasteiger partial charge in [-0.3, -0.25) is 4.79 Å². The lowest BCUT2D eigenvalue weighted by atomic mass is 10.1. The van der Waals surface area contributed by atoms with E-state index in [9.17, 15) is 4.79 Å². The van der Waals surface area contributed by atoms with Crippen LogP contribution in [0.4, 0.5) is 0 Å². The number of carbonyl (C=O) groups excluding carboxylic acids is 1. The van der Waals surface area contributed by atoms with Crippen LogP contribution in [-0.4, -0.2) is 31.3 Å². The summed E-state index contributed by atoms with van der Waals surface area (Å²) in [5, 5.41) is 12.1. The van der Waals surface area contributed by atoms with Crippen LogP contribution in [0.15, 0.2) is 22.6 Å². The molecule has 1 aromatic carbocycles. The SMILES string of the molecule is COc1cccc2c(C)c(C(=O)NCCO)oc12. The first-order chi connectivity index (χ1) is 8.69. The van der Waals surface area contributed by atoms with Gasteiger partial charge in [-0.25, -0.2) is 0 Å². The lowest BCUT2D eigenvalue weighted by molar-refractivity contribution is 0.0918. The van der Waals surface area contributed by atoms with Crippen molar-refractivity contribution in [3.05, 3.63) is 29.5 Å². The smallest absolute Gasteiger partial charge is 0.287 e. The highest BCUT2D eigenvalue weighted by molar-refractivity contribution is 6.00. The largest absolute Gasteiger partial charge is 0.493 e. The Hall–Kier alpha value is -2.01. The molecule has 2 aromatic rings. The van der Waals surface area contributed by atoms with Gasteiger partial charge in [-0.05, 0) is 13.0 Å². The molecule has 2 rings (SSSR count). The van der Waals surface area contributed by atoms with E-state index in [1.807, 2.05) is 19.1 Å². The first-order valence-corrected chi connectivity index (χ1v) is 5.64. The third-order valence-electron chi connectivity index (χ3n) is 2.75. The van der Waals surface area contributed by atoms with Crippen LogP contribution in [0.3, 0.4) is 0 Å². The van der Waals surface area contributed by atoms with Crippen LogP contribution in [0.5, 0.6) is 5.75 Å². The Labute approximate surface area is 104 Å². The third-order valence-corrected chi connectivity index (χ3v) is 2.75. The van der Waals surface area contributed by atoms with E-state index >= 15 is 0 Å². The minimum Gasteiger partial charge on any atom is -0.493 e. The lowest BCUT2D eigenvalue weighted by Gasteiger charge is -2.00. The number of aryl methyl sites for hydroxylation is 1. The molecule has 0 aliphatic heterocycles. The van der Waals surface area contributed by atoms with E-state index in [4.69, 9.17) is 14.3 Å². The number of amides is 1. The Morgan fingerprint density at radius 2 is 2.28 bits per heavy atom. The number of para-hydroxylation sites is 1. The number of hydrogen-bond acceptors (Lipinski definition) is 4. The summed E-state index contributed by atoms with van der Waals surface area (Å²) in [6.07, 6.45) is 0. The van der Waals surface area contributed by atoms with Gasteiger partial charge in [0.1, 0.15) is 0 Å². The Morgan fingerprint density at radius 1 is 1.50 bits per heavy atom. The van der Waals surface area contributed by atoms with Crippen LogP contribution in [0.1, 0.15) is 16.1 Å². The maximum absolute atomic E-state index is 11.8. The molecule has 5 heteroatoms. The second-order valence-corrected chi connectivity index (χ2v) is 3.87. The van der Waals surface area contributed by atoms with E-state index in [0.717, 1.165) is 10.9 Å². The zero-order valence-corrected chi connectivity index (χ0v) is 10.3. The highest BCUT2D eigenvalue weighted by Crippen LogP contribution is 2.32. The quantitative estimate of drug-likeness (QED) is 0.860. The molecule has 0 saturated heterocycles. The van der Waals surface area contributed by atoms with Gasteiger partial charge in [0.2, 0.25) is 0 Å². The first-order valence-electron chi connectivity index (χ1n) is 5.64. The normalized spacial score (nSPS) is 10.6. The molecule has 0 fully saturated rings. The summed E-state index contributed by atoms with van der Waals surface area (Å²) in [5.41, 5.74) is 1.32. The number of hydrogen-bond donors (Lipinski definition) is 2. The maximum Gasteiger partial charge on any atom is 0.287 e. The lowest BCUT2D eigenvalue weighted by Crippen LogP contribution is -2.26. The number of benzene rings is 1. The molecule has 1 heterocycles. The minimum atomic E-state index is -0.334. The van der Waals surface area contributed by atoms with Crippen molar-refractivity contribution in [1.82, 2.24) is 5.32 Å². The Kier molecular flexibility index (Phi) is 3.53. The average Bonchev–Trinajstić information content (AvgIpc) is 2.73. The molecular formula is C13H15NO4. The molecule has 0 aliphatic carbocycles. The summed E-state index contributed by atoms with van der Waals surface area (Å²) >= 11 is 0. The van der Waals surface area contributed by atoms with Crippen molar-refractivity contribution in [2.45, 2.75) is 6.92 Å². The van der Waals surface area contributed by atoms with Crippen molar-refractivity contribution in [2.24, 2.45) is 0 Å². The molecule has 18 heavy (non-hydrogen) atoms. The molecular weight excluding hydrogens is 234 g/mol. The predicted molar refractivity (Wildman–Crippen MR) is 66.9 cm³/mol. The van der Waals surface area contributed by atoms with Crippen LogP contribution < -0.4 is 10.1 Å². The molecule has 0 spiro atoms. The van der Waals surface area contributed by atoms with Crippen molar-refractivity contribution in [3.8, 4) is 5.75 Å². The topological polar surface area (TPSA) is 71.7 Å². The van der Waals surface area contributed by atoms with Gasteiger partial charge >= 0.3 is 0 Å². The number of fused-ring (bicyclic) bond motifs is 1. The van der Waals surface area contributed by atoms with Gasteiger partial charge in [0.15, 0.2) is 17.1 Å². The number of nitrogens with one attached hydrogen (secondary N) is 1. The molecule has 0 radical (unpaired) electrons. The van der Waals surface area contributed by atoms with Crippen molar-refractivity contribution in [1.29, 1.82) is 0 Å². The molecule has 1 amide bonds. The number of furan rings is 1. The molecule has 0 bridgehead atoms. The van der Waals surface area contributed by atoms with Gasteiger partial charge in [0, 0.05) is 17.5 Å². The summed E-state index contributed by atoms with van der Waals surface area (Å²) in [6.45, 7) is 1.92. The van der Waals surface area contributed by atoms with Gasteiger partial charge < -0.3 is 19.6 Å². The van der Waals surface area contributed by atoms with E-state index in [2.05, 4.69) is 5.32 Å². The number of carbonyl (C=O) groups is 1. The summed E-state index contributed by atoms with van der Waals surface area (Å²) in [5.74, 6) is 0.513. The summed E-state index contributed by atoms with van der Waals surface area (Å²) in [7, 11) is 1.55. The first kappa shape index (κ1) is 12.4. The standard InChI is InChI=1S/C13H15NO4/c1-8-9-4-3-5-10(17-2)12(9)18-11(8)13(16)14-6-7-15/h3-5,15H,6-7H2,1-2H3,(H,14,16). The maximum atomic E-state index is 11.8. The number of aliphatic hydroxyl groups is 1. The van der Waals surface area contributed by atoms with Crippen LogP contribution in [0, 0.1) is 6.92 Å². The molecule has 2 N–H and O–H groups in total. The van der Waals surface area contributed by atoms with Gasteiger partial charge in [0.25, 0.3) is 5.91 Å². The van der Waals surface area contributed by atoms with Crippen LogP contribution in [0.2, 0.25) is 0 Å². The predicted octanol–water partition coefficient (Wildman–Crippen LogP) is 1.47. The van der Waals surface area contributed by atoms with Crippen LogP contribution in [0.25, 0.3) is 11.0 Å². The highest BCUT2D eigenvalue weighted by Gasteiger charge is 2.19. The zero-order chi connectivity index (χ0) is 13.1. The number of aliphatic hydroxyl groups excluding tert-OH is 1. The fourth-order valence-corrected chi connectivity index (χ4v) is 1.84. The highest BCUT2D eigenvalue weighted by atomic mass is 16.5. The van der Waals surface area contributed by atoms with Crippen molar-refractivity contribution in [2.75, 3.05) is 20.3 Å². The zero-order valence-electron chi connectivity index (χ0n) is 10.3. The molecule has 5 nitrogen and oxygen atoms in total.